The molecular formula is C11H15N. The summed E-state index contributed by atoms with van der Waals surface area (Å²) in [7, 11) is 2.17. The van der Waals surface area contributed by atoms with Crippen LogP contribution < -0.4 is 4.90 Å². The fourth-order valence-corrected chi connectivity index (χ4v) is 1.92. The summed E-state index contributed by atoms with van der Waals surface area (Å²) >= 11 is 0. The molecule has 0 unspecified atom stereocenters. The summed E-state index contributed by atoms with van der Waals surface area (Å²) in [4.78, 5) is 2.34. The molecule has 1 aliphatic heterocycles. The van der Waals surface area contributed by atoms with Gasteiger partial charge in [0.2, 0.25) is 0 Å². The van der Waals surface area contributed by atoms with E-state index in [9.17, 15) is 0 Å². The third-order valence-corrected chi connectivity index (χ3v) is 2.78. The molecule has 12 heavy (non-hydrogen) atoms. The summed E-state index contributed by atoms with van der Waals surface area (Å²) in [6.07, 6.45) is 1.29. The number of para-hydroxylation sites is 1. The van der Waals surface area contributed by atoms with Gasteiger partial charge in [-0.1, -0.05) is 25.1 Å². The normalized spacial score (nSPS) is 22.2. The van der Waals surface area contributed by atoms with Crippen LogP contribution in [0.2, 0.25) is 0 Å². The zero-order chi connectivity index (χ0) is 8.55. The molecule has 0 N–H and O–H groups in total. The molecule has 1 aliphatic rings. The van der Waals surface area contributed by atoms with Crippen LogP contribution in [0.15, 0.2) is 24.3 Å². The van der Waals surface area contributed by atoms with Crippen LogP contribution in [0, 0.1) is 0 Å². The molecule has 0 spiro atoms. The first-order chi connectivity index (χ1) is 5.79. The summed E-state index contributed by atoms with van der Waals surface area (Å²) in [5.74, 6) is 0.734. The molecule has 1 atom stereocenters. The number of hydrogen-bond acceptors (Lipinski definition) is 1. The van der Waals surface area contributed by atoms with Crippen molar-refractivity contribution < 1.29 is 0 Å². The van der Waals surface area contributed by atoms with Crippen molar-refractivity contribution in [3.63, 3.8) is 0 Å². The van der Waals surface area contributed by atoms with Crippen molar-refractivity contribution in [3.8, 4) is 0 Å². The van der Waals surface area contributed by atoms with E-state index in [2.05, 4.69) is 43.1 Å². The Morgan fingerprint density at radius 2 is 2.08 bits per heavy atom. The van der Waals surface area contributed by atoms with E-state index in [1.165, 1.54) is 24.2 Å². The van der Waals surface area contributed by atoms with E-state index < -0.39 is 0 Å². The summed E-state index contributed by atoms with van der Waals surface area (Å²) < 4.78 is 0. The van der Waals surface area contributed by atoms with Gasteiger partial charge in [-0.05, 0) is 24.0 Å². The Hall–Kier alpha value is -0.980. The van der Waals surface area contributed by atoms with Gasteiger partial charge >= 0.3 is 0 Å². The second-order valence-electron chi connectivity index (χ2n) is 3.67. The molecule has 1 heteroatoms. The topological polar surface area (TPSA) is 3.24 Å². The van der Waals surface area contributed by atoms with E-state index in [1.807, 2.05) is 0 Å². The molecule has 1 nitrogen and oxygen atoms in total. The Morgan fingerprint density at radius 3 is 2.83 bits per heavy atom. The van der Waals surface area contributed by atoms with Crippen LogP contribution >= 0.6 is 0 Å². The highest BCUT2D eigenvalue weighted by atomic mass is 15.1. The number of benzene rings is 1. The van der Waals surface area contributed by atoms with Gasteiger partial charge in [-0.2, -0.15) is 0 Å². The van der Waals surface area contributed by atoms with Crippen molar-refractivity contribution >= 4 is 5.69 Å². The van der Waals surface area contributed by atoms with E-state index in [1.54, 1.807) is 0 Å². The van der Waals surface area contributed by atoms with Gasteiger partial charge in [0.05, 0.1) is 0 Å². The van der Waals surface area contributed by atoms with Crippen molar-refractivity contribution in [2.45, 2.75) is 19.3 Å². The lowest BCUT2D eigenvalue weighted by Crippen LogP contribution is -2.26. The highest BCUT2D eigenvalue weighted by Crippen LogP contribution is 2.33. The number of nitrogens with zero attached hydrogens (tertiary/aromatic N) is 1. The molecule has 0 aliphatic carbocycles. The molecule has 0 fully saturated rings. The van der Waals surface area contributed by atoms with Crippen LogP contribution in [0.5, 0.6) is 0 Å². The first kappa shape index (κ1) is 7.66. The van der Waals surface area contributed by atoms with Crippen LogP contribution in [-0.2, 0) is 0 Å². The third-order valence-electron chi connectivity index (χ3n) is 2.78. The predicted molar refractivity (Wildman–Crippen MR) is 52.7 cm³/mol. The standard InChI is InChI=1S/C11H15N/c1-9-7-8-12(2)11-6-4-3-5-10(9)11/h3-6,9H,7-8H2,1-2H3/t9-/m1/s1. The summed E-state index contributed by atoms with van der Waals surface area (Å²) in [5.41, 5.74) is 2.92. The van der Waals surface area contributed by atoms with Crippen molar-refractivity contribution in [3.05, 3.63) is 29.8 Å². The SMILES string of the molecule is C[C@@H]1CCN(C)c2ccccc21. The Balaban J connectivity index is 2.47. The Kier molecular flexibility index (Phi) is 1.80. The lowest BCUT2D eigenvalue weighted by molar-refractivity contribution is 0.637. The van der Waals surface area contributed by atoms with Gasteiger partial charge in [0, 0.05) is 19.3 Å². The highest BCUT2D eigenvalue weighted by molar-refractivity contribution is 5.56. The molecule has 0 bridgehead atoms. The molecule has 0 aromatic heterocycles. The quantitative estimate of drug-likeness (QED) is 0.565. The average Bonchev–Trinajstić information content (AvgIpc) is 2.12. The molecular weight excluding hydrogens is 146 g/mol. The number of hydrogen-bond donors (Lipinski definition) is 0. The van der Waals surface area contributed by atoms with Crippen LogP contribution in [0.25, 0.3) is 0 Å². The Labute approximate surface area is 74.0 Å². The highest BCUT2D eigenvalue weighted by Gasteiger charge is 2.18. The second kappa shape index (κ2) is 2.81. The van der Waals surface area contributed by atoms with E-state index in [0.717, 1.165) is 5.92 Å². The van der Waals surface area contributed by atoms with Crippen LogP contribution in [-0.4, -0.2) is 13.6 Å². The largest absolute Gasteiger partial charge is 0.374 e. The van der Waals surface area contributed by atoms with Gasteiger partial charge in [-0.3, -0.25) is 0 Å². The maximum Gasteiger partial charge on any atom is 0.0398 e. The minimum atomic E-state index is 0.734. The van der Waals surface area contributed by atoms with Gasteiger partial charge < -0.3 is 4.90 Å². The van der Waals surface area contributed by atoms with Crippen molar-refractivity contribution in [2.24, 2.45) is 0 Å². The van der Waals surface area contributed by atoms with Gasteiger partial charge in [0.25, 0.3) is 0 Å². The molecule has 0 radical (unpaired) electrons. The van der Waals surface area contributed by atoms with Gasteiger partial charge in [-0.25, -0.2) is 0 Å². The summed E-state index contributed by atoms with van der Waals surface area (Å²) in [6, 6.07) is 8.71. The van der Waals surface area contributed by atoms with Crippen molar-refractivity contribution in [1.29, 1.82) is 0 Å². The fraction of sp³-hybridized carbons (Fsp3) is 0.455. The van der Waals surface area contributed by atoms with Crippen molar-refractivity contribution in [1.82, 2.24) is 0 Å². The third kappa shape index (κ3) is 1.09. The summed E-state index contributed by atoms with van der Waals surface area (Å²) in [5, 5.41) is 0. The molecule has 0 saturated carbocycles. The van der Waals surface area contributed by atoms with E-state index in [4.69, 9.17) is 0 Å². The minimum Gasteiger partial charge on any atom is -0.374 e. The van der Waals surface area contributed by atoms with Gasteiger partial charge in [0.15, 0.2) is 0 Å². The molecule has 1 aromatic carbocycles. The maximum atomic E-state index is 2.34. The Morgan fingerprint density at radius 1 is 1.33 bits per heavy atom. The van der Waals surface area contributed by atoms with Gasteiger partial charge in [-0.15, -0.1) is 0 Å². The second-order valence-corrected chi connectivity index (χ2v) is 3.67. The molecule has 1 aromatic rings. The monoisotopic (exact) mass is 161 g/mol. The van der Waals surface area contributed by atoms with Crippen LogP contribution in [0.4, 0.5) is 5.69 Å². The lowest BCUT2D eigenvalue weighted by atomic mass is 9.92. The smallest absolute Gasteiger partial charge is 0.0398 e. The predicted octanol–water partition coefficient (Wildman–Crippen LogP) is 2.63. The zero-order valence-corrected chi connectivity index (χ0v) is 7.75. The maximum absolute atomic E-state index is 2.34. The molecule has 64 valence electrons. The average molecular weight is 161 g/mol. The molecule has 0 saturated heterocycles. The zero-order valence-electron chi connectivity index (χ0n) is 7.75. The van der Waals surface area contributed by atoms with E-state index >= 15 is 0 Å². The van der Waals surface area contributed by atoms with Crippen LogP contribution in [0.3, 0.4) is 0 Å². The van der Waals surface area contributed by atoms with Gasteiger partial charge in [0.1, 0.15) is 0 Å². The van der Waals surface area contributed by atoms with Crippen LogP contribution in [0.1, 0.15) is 24.8 Å². The first-order valence-corrected chi connectivity index (χ1v) is 4.59. The van der Waals surface area contributed by atoms with E-state index in [-0.39, 0.29) is 0 Å². The fourth-order valence-electron chi connectivity index (χ4n) is 1.92. The molecule has 2 rings (SSSR count). The first-order valence-electron chi connectivity index (χ1n) is 4.59. The lowest BCUT2D eigenvalue weighted by Gasteiger charge is -2.31. The minimum absolute atomic E-state index is 0.734. The van der Waals surface area contributed by atoms with E-state index in [0.29, 0.717) is 0 Å². The summed E-state index contributed by atoms with van der Waals surface area (Å²) in [6.45, 7) is 3.50. The van der Waals surface area contributed by atoms with Crippen molar-refractivity contribution in [2.75, 3.05) is 18.5 Å². The number of anilines is 1. The Bertz CT molecular complexity index is 251. The number of fused-ring (bicyclic) bond motifs is 1. The molecule has 0 amide bonds. The molecule has 1 heterocycles. The number of rotatable bonds is 0.